The maximum Gasteiger partial charge on any atom is 0.327 e. The van der Waals surface area contributed by atoms with Crippen molar-refractivity contribution in [3.05, 3.63) is 45.5 Å². The standard InChI is InChI=1S/C22H28N2O8/c1-6-31-16-9-8-14(12-17(16)32-7-2)10-11-23-22(25)15-13-18(28-3)20(29-4)21(30-5)19(15)24(26)27/h8-9,12-13H,6-7,10-11H2,1-5H3,(H,23,25). The van der Waals surface area contributed by atoms with Gasteiger partial charge in [0.25, 0.3) is 5.91 Å². The molecule has 0 atom stereocenters. The molecule has 0 bridgehead atoms. The predicted molar refractivity (Wildman–Crippen MR) is 118 cm³/mol. The molecular weight excluding hydrogens is 420 g/mol. The van der Waals surface area contributed by atoms with Crippen LogP contribution in [0.3, 0.4) is 0 Å². The maximum absolute atomic E-state index is 12.8. The van der Waals surface area contributed by atoms with Crippen LogP contribution < -0.4 is 29.0 Å². The number of nitro groups is 1. The number of hydrogen-bond acceptors (Lipinski definition) is 8. The van der Waals surface area contributed by atoms with Gasteiger partial charge in [0.2, 0.25) is 11.5 Å². The summed E-state index contributed by atoms with van der Waals surface area (Å²) in [5.74, 6) is 0.638. The number of amides is 1. The Labute approximate surface area is 186 Å². The van der Waals surface area contributed by atoms with E-state index in [0.717, 1.165) is 5.56 Å². The molecule has 1 N–H and O–H groups in total. The molecule has 0 fully saturated rings. The van der Waals surface area contributed by atoms with Gasteiger partial charge in [0, 0.05) is 12.6 Å². The van der Waals surface area contributed by atoms with Crippen LogP contribution in [-0.4, -0.2) is 51.9 Å². The minimum Gasteiger partial charge on any atom is -0.493 e. The smallest absolute Gasteiger partial charge is 0.327 e. The summed E-state index contributed by atoms with van der Waals surface area (Å²) in [6, 6.07) is 6.80. The van der Waals surface area contributed by atoms with Crippen molar-refractivity contribution in [1.82, 2.24) is 5.32 Å². The minimum absolute atomic E-state index is 0.0380. The van der Waals surface area contributed by atoms with E-state index >= 15 is 0 Å². The average molecular weight is 448 g/mol. The SMILES string of the molecule is CCOc1ccc(CCNC(=O)c2cc(OC)c(OC)c(OC)c2[N+](=O)[O-])cc1OCC. The van der Waals surface area contributed by atoms with E-state index in [0.29, 0.717) is 31.1 Å². The van der Waals surface area contributed by atoms with Crippen molar-refractivity contribution in [2.24, 2.45) is 0 Å². The molecule has 10 heteroatoms. The predicted octanol–water partition coefficient (Wildman–Crippen LogP) is 3.39. The number of carbonyl (C=O) groups is 1. The molecule has 0 aliphatic rings. The molecule has 10 nitrogen and oxygen atoms in total. The van der Waals surface area contributed by atoms with E-state index in [1.807, 2.05) is 32.0 Å². The monoisotopic (exact) mass is 448 g/mol. The van der Waals surface area contributed by atoms with Gasteiger partial charge in [0.05, 0.1) is 39.5 Å². The molecule has 0 aromatic heterocycles. The fraction of sp³-hybridized carbons (Fsp3) is 0.409. The van der Waals surface area contributed by atoms with Crippen LogP contribution in [0.4, 0.5) is 5.69 Å². The molecule has 2 rings (SSSR count). The Morgan fingerprint density at radius 2 is 1.59 bits per heavy atom. The van der Waals surface area contributed by atoms with Gasteiger partial charge >= 0.3 is 5.69 Å². The number of rotatable bonds is 12. The van der Waals surface area contributed by atoms with E-state index in [4.69, 9.17) is 23.7 Å². The topological polar surface area (TPSA) is 118 Å². The van der Waals surface area contributed by atoms with Crippen molar-refractivity contribution in [2.75, 3.05) is 41.1 Å². The molecule has 0 aliphatic carbocycles. The summed E-state index contributed by atoms with van der Waals surface area (Å²) in [5, 5.41) is 14.4. The molecule has 174 valence electrons. The van der Waals surface area contributed by atoms with Gasteiger partial charge in [0.15, 0.2) is 17.2 Å². The van der Waals surface area contributed by atoms with E-state index in [2.05, 4.69) is 5.32 Å². The third-order valence-corrected chi connectivity index (χ3v) is 4.54. The normalized spacial score (nSPS) is 10.3. The lowest BCUT2D eigenvalue weighted by Gasteiger charge is -2.15. The molecule has 32 heavy (non-hydrogen) atoms. The maximum atomic E-state index is 12.8. The van der Waals surface area contributed by atoms with Gasteiger partial charge in [-0.25, -0.2) is 0 Å². The second-order valence-corrected chi connectivity index (χ2v) is 6.45. The summed E-state index contributed by atoms with van der Waals surface area (Å²) in [6.07, 6.45) is 0.483. The molecule has 2 aromatic rings. The highest BCUT2D eigenvalue weighted by molar-refractivity contribution is 6.00. The molecule has 0 saturated heterocycles. The van der Waals surface area contributed by atoms with E-state index in [1.54, 1.807) is 0 Å². The number of ether oxygens (including phenoxy) is 5. The molecule has 0 heterocycles. The van der Waals surface area contributed by atoms with Crippen LogP contribution in [0.25, 0.3) is 0 Å². The number of nitrogens with one attached hydrogen (secondary N) is 1. The van der Waals surface area contributed by atoms with E-state index in [-0.39, 0.29) is 29.4 Å². The summed E-state index contributed by atoms with van der Waals surface area (Å²) >= 11 is 0. The zero-order chi connectivity index (χ0) is 23.7. The number of nitro benzene ring substituents is 1. The van der Waals surface area contributed by atoms with Crippen molar-refractivity contribution < 1.29 is 33.4 Å². The van der Waals surface area contributed by atoms with Crippen LogP contribution in [0.1, 0.15) is 29.8 Å². The first kappa shape index (κ1) is 24.6. The highest BCUT2D eigenvalue weighted by atomic mass is 16.6. The van der Waals surface area contributed by atoms with Crippen molar-refractivity contribution >= 4 is 11.6 Å². The Bertz CT molecular complexity index is 961. The summed E-state index contributed by atoms with van der Waals surface area (Å²) < 4.78 is 26.7. The molecule has 0 radical (unpaired) electrons. The van der Waals surface area contributed by atoms with Crippen molar-refractivity contribution in [2.45, 2.75) is 20.3 Å². The van der Waals surface area contributed by atoms with Crippen LogP contribution in [0.2, 0.25) is 0 Å². The first-order valence-corrected chi connectivity index (χ1v) is 10.1. The molecule has 0 aliphatic heterocycles. The highest BCUT2D eigenvalue weighted by Crippen LogP contribution is 2.46. The lowest BCUT2D eigenvalue weighted by molar-refractivity contribution is -0.386. The third-order valence-electron chi connectivity index (χ3n) is 4.54. The van der Waals surface area contributed by atoms with Gasteiger partial charge in [-0.3, -0.25) is 14.9 Å². The van der Waals surface area contributed by atoms with Crippen LogP contribution in [-0.2, 0) is 6.42 Å². The average Bonchev–Trinajstić information content (AvgIpc) is 2.79. The Morgan fingerprint density at radius 3 is 2.16 bits per heavy atom. The fourth-order valence-electron chi connectivity index (χ4n) is 3.16. The Kier molecular flexibility index (Phi) is 8.94. The number of nitrogens with zero attached hydrogens (tertiary/aromatic N) is 1. The number of carbonyl (C=O) groups excluding carboxylic acids is 1. The number of benzene rings is 2. The third kappa shape index (κ3) is 5.51. The molecule has 2 aromatic carbocycles. The highest BCUT2D eigenvalue weighted by Gasteiger charge is 2.32. The number of hydrogen-bond donors (Lipinski definition) is 1. The summed E-state index contributed by atoms with van der Waals surface area (Å²) in [5.41, 5.74) is 0.227. The van der Waals surface area contributed by atoms with Crippen molar-refractivity contribution in [3.8, 4) is 28.7 Å². The Balaban J connectivity index is 2.23. The second-order valence-electron chi connectivity index (χ2n) is 6.45. The van der Waals surface area contributed by atoms with Gasteiger partial charge in [-0.1, -0.05) is 6.07 Å². The molecule has 0 spiro atoms. The van der Waals surface area contributed by atoms with Crippen LogP contribution in [0.5, 0.6) is 28.7 Å². The second kappa shape index (κ2) is 11.6. The Hall–Kier alpha value is -3.69. The molecule has 1 amide bonds. The summed E-state index contributed by atoms with van der Waals surface area (Å²) in [4.78, 5) is 23.8. The van der Waals surface area contributed by atoms with Gasteiger partial charge in [-0.15, -0.1) is 0 Å². The molecule has 0 unspecified atom stereocenters. The molecular formula is C22H28N2O8. The van der Waals surface area contributed by atoms with Gasteiger partial charge in [-0.2, -0.15) is 0 Å². The van der Waals surface area contributed by atoms with Gasteiger partial charge in [0.1, 0.15) is 5.56 Å². The van der Waals surface area contributed by atoms with E-state index < -0.39 is 16.5 Å². The van der Waals surface area contributed by atoms with Crippen molar-refractivity contribution in [1.29, 1.82) is 0 Å². The minimum atomic E-state index is -0.684. The first-order valence-electron chi connectivity index (χ1n) is 10.1. The summed E-state index contributed by atoms with van der Waals surface area (Å²) in [6.45, 7) is 5.02. The number of methoxy groups -OCH3 is 3. The van der Waals surface area contributed by atoms with Gasteiger partial charge in [-0.05, 0) is 38.0 Å². The van der Waals surface area contributed by atoms with Crippen LogP contribution in [0, 0.1) is 10.1 Å². The summed E-state index contributed by atoms with van der Waals surface area (Å²) in [7, 11) is 3.96. The largest absolute Gasteiger partial charge is 0.493 e. The van der Waals surface area contributed by atoms with Crippen LogP contribution in [0.15, 0.2) is 24.3 Å². The van der Waals surface area contributed by atoms with E-state index in [9.17, 15) is 14.9 Å². The molecule has 0 saturated carbocycles. The van der Waals surface area contributed by atoms with E-state index in [1.165, 1.54) is 27.4 Å². The Morgan fingerprint density at radius 1 is 0.938 bits per heavy atom. The quantitative estimate of drug-likeness (QED) is 0.388. The van der Waals surface area contributed by atoms with Gasteiger partial charge < -0.3 is 29.0 Å². The zero-order valence-corrected chi connectivity index (χ0v) is 18.9. The lowest BCUT2D eigenvalue weighted by Crippen LogP contribution is -2.26. The van der Waals surface area contributed by atoms with Crippen LogP contribution >= 0.6 is 0 Å². The lowest BCUT2D eigenvalue weighted by atomic mass is 10.1. The zero-order valence-electron chi connectivity index (χ0n) is 18.9. The van der Waals surface area contributed by atoms with Crippen molar-refractivity contribution in [3.63, 3.8) is 0 Å². The fourth-order valence-corrected chi connectivity index (χ4v) is 3.16. The first-order chi connectivity index (χ1) is 15.4.